The summed E-state index contributed by atoms with van der Waals surface area (Å²) in [6.07, 6.45) is 6.31. The summed E-state index contributed by atoms with van der Waals surface area (Å²) in [5.74, 6) is 2.14. The largest absolute Gasteiger partial charge is 0.352 e. The Bertz CT molecular complexity index is 614. The van der Waals surface area contributed by atoms with Gasteiger partial charge in [0.15, 0.2) is 10.8 Å². The van der Waals surface area contributed by atoms with Crippen LogP contribution < -0.4 is 10.2 Å². The van der Waals surface area contributed by atoms with Crippen molar-refractivity contribution in [2.24, 2.45) is 5.92 Å². The first-order chi connectivity index (χ1) is 9.72. The Labute approximate surface area is 123 Å². The Hall–Kier alpha value is -1.07. The number of nitrogens with zero attached hydrogens (tertiary/aromatic N) is 3. The van der Waals surface area contributed by atoms with Crippen LogP contribution in [0.25, 0.3) is 4.96 Å². The third-order valence-electron chi connectivity index (χ3n) is 4.70. The molecular weight excluding hydrogens is 268 g/mol. The molecule has 4 rings (SSSR count). The van der Waals surface area contributed by atoms with Gasteiger partial charge < -0.3 is 10.2 Å². The van der Waals surface area contributed by atoms with E-state index in [1.54, 1.807) is 11.3 Å². The van der Waals surface area contributed by atoms with Crippen molar-refractivity contribution < 1.29 is 0 Å². The summed E-state index contributed by atoms with van der Waals surface area (Å²) in [6.45, 7) is 6.51. The summed E-state index contributed by atoms with van der Waals surface area (Å²) in [5, 5.41) is 5.68. The Morgan fingerprint density at radius 1 is 1.45 bits per heavy atom. The molecule has 4 nitrogen and oxygen atoms in total. The molecule has 2 aromatic heterocycles. The monoisotopic (exact) mass is 290 g/mol. The number of imidazole rings is 1. The highest BCUT2D eigenvalue weighted by atomic mass is 32.1. The Balaban J connectivity index is 1.70. The van der Waals surface area contributed by atoms with Crippen LogP contribution in [0.15, 0.2) is 11.6 Å². The van der Waals surface area contributed by atoms with Gasteiger partial charge in [0, 0.05) is 36.8 Å². The summed E-state index contributed by atoms with van der Waals surface area (Å²) in [6, 6.07) is 1.24. The summed E-state index contributed by atoms with van der Waals surface area (Å²) in [4.78, 5) is 8.62. The zero-order valence-electron chi connectivity index (χ0n) is 12.2. The van der Waals surface area contributed by atoms with E-state index in [0.717, 1.165) is 23.5 Å². The van der Waals surface area contributed by atoms with E-state index in [0.29, 0.717) is 6.04 Å². The first-order valence-corrected chi connectivity index (χ1v) is 8.55. The Morgan fingerprint density at radius 3 is 3.05 bits per heavy atom. The van der Waals surface area contributed by atoms with E-state index < -0.39 is 0 Å². The quantitative estimate of drug-likeness (QED) is 0.940. The van der Waals surface area contributed by atoms with Crippen LogP contribution >= 0.6 is 11.3 Å². The minimum absolute atomic E-state index is 0.502. The zero-order valence-corrected chi connectivity index (χ0v) is 13.0. The van der Waals surface area contributed by atoms with Crippen molar-refractivity contribution in [2.75, 3.05) is 11.4 Å². The number of rotatable bonds is 4. The van der Waals surface area contributed by atoms with Crippen molar-refractivity contribution in [1.82, 2.24) is 14.7 Å². The molecule has 2 unspecified atom stereocenters. The van der Waals surface area contributed by atoms with Gasteiger partial charge in [-0.3, -0.25) is 4.40 Å². The molecule has 1 saturated heterocycles. The van der Waals surface area contributed by atoms with Crippen LogP contribution in [-0.4, -0.2) is 28.0 Å². The number of hydrogen-bond donors (Lipinski definition) is 1. The second kappa shape index (κ2) is 4.74. The molecule has 3 heterocycles. The number of fused-ring (bicyclic) bond motifs is 3. The predicted octanol–water partition coefficient (Wildman–Crippen LogP) is 2.88. The normalized spacial score (nSPS) is 25.4. The molecule has 0 radical (unpaired) electrons. The van der Waals surface area contributed by atoms with Crippen molar-refractivity contribution in [3.05, 3.63) is 17.3 Å². The van der Waals surface area contributed by atoms with Gasteiger partial charge in [0.1, 0.15) is 0 Å². The molecule has 0 amide bonds. The fourth-order valence-corrected chi connectivity index (χ4v) is 4.43. The van der Waals surface area contributed by atoms with Gasteiger partial charge in [-0.15, -0.1) is 11.3 Å². The summed E-state index contributed by atoms with van der Waals surface area (Å²) in [5.41, 5.74) is 1.34. The van der Waals surface area contributed by atoms with Crippen LogP contribution in [0.4, 0.5) is 5.82 Å². The average Bonchev–Trinajstić information content (AvgIpc) is 3.15. The fraction of sp³-hybridized carbons (Fsp3) is 0.667. The number of nitrogens with one attached hydrogen (secondary N) is 1. The topological polar surface area (TPSA) is 32.6 Å². The molecule has 0 aromatic carbocycles. The SMILES string of the molecule is CC(C)NCc1c(N2CC3CCC2C3)nc2sccn12. The van der Waals surface area contributed by atoms with Gasteiger partial charge in [0.05, 0.1) is 5.69 Å². The highest BCUT2D eigenvalue weighted by Gasteiger charge is 2.39. The van der Waals surface area contributed by atoms with Crippen LogP contribution in [0, 0.1) is 5.92 Å². The van der Waals surface area contributed by atoms with E-state index in [2.05, 4.69) is 40.0 Å². The molecule has 2 fully saturated rings. The standard InChI is InChI=1S/C15H22N4S/c1-10(2)16-8-13-14(17-15-18(13)5-6-20-15)19-9-11-3-4-12(19)7-11/h5-6,10-12,16H,3-4,7-9H2,1-2H3. The van der Waals surface area contributed by atoms with Crippen molar-refractivity contribution in [3.63, 3.8) is 0 Å². The molecule has 108 valence electrons. The van der Waals surface area contributed by atoms with Gasteiger partial charge in [-0.05, 0) is 25.2 Å². The third kappa shape index (κ3) is 1.95. The summed E-state index contributed by atoms with van der Waals surface area (Å²) in [7, 11) is 0. The van der Waals surface area contributed by atoms with Crippen LogP contribution in [0.3, 0.4) is 0 Å². The van der Waals surface area contributed by atoms with E-state index >= 15 is 0 Å². The van der Waals surface area contributed by atoms with E-state index in [1.165, 1.54) is 37.3 Å². The number of anilines is 1. The molecular formula is C15H22N4S. The smallest absolute Gasteiger partial charge is 0.195 e. The first kappa shape index (κ1) is 12.7. The lowest BCUT2D eigenvalue weighted by atomic mass is 10.1. The maximum atomic E-state index is 4.92. The third-order valence-corrected chi connectivity index (χ3v) is 5.46. The molecule has 2 atom stereocenters. The van der Waals surface area contributed by atoms with Gasteiger partial charge in [-0.25, -0.2) is 4.98 Å². The van der Waals surface area contributed by atoms with Gasteiger partial charge in [0.2, 0.25) is 0 Å². The lowest BCUT2D eigenvalue weighted by Crippen LogP contribution is -2.34. The average molecular weight is 290 g/mol. The van der Waals surface area contributed by atoms with Gasteiger partial charge in [-0.1, -0.05) is 13.8 Å². The highest BCUT2D eigenvalue weighted by molar-refractivity contribution is 7.15. The van der Waals surface area contributed by atoms with Crippen molar-refractivity contribution in [3.8, 4) is 0 Å². The Morgan fingerprint density at radius 2 is 2.35 bits per heavy atom. The molecule has 1 saturated carbocycles. The predicted molar refractivity (Wildman–Crippen MR) is 83.5 cm³/mol. The van der Waals surface area contributed by atoms with Crippen LogP contribution in [0.2, 0.25) is 0 Å². The molecule has 1 aliphatic carbocycles. The molecule has 20 heavy (non-hydrogen) atoms. The molecule has 2 aromatic rings. The van der Waals surface area contributed by atoms with Crippen molar-refractivity contribution in [1.29, 1.82) is 0 Å². The Kier molecular flexibility index (Phi) is 3.00. The minimum Gasteiger partial charge on any atom is -0.352 e. The van der Waals surface area contributed by atoms with Gasteiger partial charge in [0.25, 0.3) is 0 Å². The minimum atomic E-state index is 0.502. The molecule has 0 spiro atoms. The van der Waals surface area contributed by atoms with E-state index in [4.69, 9.17) is 4.98 Å². The summed E-state index contributed by atoms with van der Waals surface area (Å²) < 4.78 is 2.27. The van der Waals surface area contributed by atoms with E-state index in [-0.39, 0.29) is 0 Å². The molecule has 1 N–H and O–H groups in total. The zero-order chi connectivity index (χ0) is 13.7. The molecule has 1 aliphatic heterocycles. The highest BCUT2D eigenvalue weighted by Crippen LogP contribution is 2.41. The van der Waals surface area contributed by atoms with Crippen LogP contribution in [0.1, 0.15) is 38.8 Å². The second-order valence-electron chi connectivity index (χ2n) is 6.46. The lowest BCUT2D eigenvalue weighted by molar-refractivity contribution is 0.544. The number of aromatic nitrogens is 2. The molecule has 5 heteroatoms. The van der Waals surface area contributed by atoms with E-state index in [1.807, 2.05) is 0 Å². The number of piperidine rings is 1. The summed E-state index contributed by atoms with van der Waals surface area (Å²) >= 11 is 1.73. The van der Waals surface area contributed by atoms with Crippen molar-refractivity contribution in [2.45, 2.75) is 51.7 Å². The van der Waals surface area contributed by atoms with Crippen LogP contribution in [-0.2, 0) is 6.54 Å². The van der Waals surface area contributed by atoms with E-state index in [9.17, 15) is 0 Å². The molecule has 2 bridgehead atoms. The van der Waals surface area contributed by atoms with Crippen molar-refractivity contribution >= 4 is 22.1 Å². The maximum Gasteiger partial charge on any atom is 0.195 e. The maximum absolute atomic E-state index is 4.92. The fourth-order valence-electron chi connectivity index (χ4n) is 3.70. The first-order valence-electron chi connectivity index (χ1n) is 7.67. The number of hydrogen-bond acceptors (Lipinski definition) is 4. The lowest BCUT2D eigenvalue weighted by Gasteiger charge is -2.28. The van der Waals surface area contributed by atoms with Gasteiger partial charge >= 0.3 is 0 Å². The van der Waals surface area contributed by atoms with Gasteiger partial charge in [-0.2, -0.15) is 0 Å². The van der Waals surface area contributed by atoms with Crippen LogP contribution in [0.5, 0.6) is 0 Å². The molecule has 2 aliphatic rings. The number of thiazole rings is 1. The second-order valence-corrected chi connectivity index (χ2v) is 7.33.